The van der Waals surface area contributed by atoms with E-state index in [1.807, 2.05) is 37.3 Å². The van der Waals surface area contributed by atoms with Crippen LogP contribution in [0.5, 0.6) is 0 Å². The van der Waals surface area contributed by atoms with Gasteiger partial charge in [0, 0.05) is 29.2 Å². The molecule has 0 spiro atoms. The fourth-order valence-electron chi connectivity index (χ4n) is 3.24. The van der Waals surface area contributed by atoms with Crippen molar-refractivity contribution in [3.8, 4) is 0 Å². The second-order valence-electron chi connectivity index (χ2n) is 7.13. The first kappa shape index (κ1) is 18.1. The summed E-state index contributed by atoms with van der Waals surface area (Å²) in [4.78, 5) is 19.2. The fraction of sp³-hybridized carbons (Fsp3) is 0.400. The number of nitrogens with zero attached hydrogens (tertiary/aromatic N) is 2. The molecular formula is C20H23BrN2O2. The third-order valence-electron chi connectivity index (χ3n) is 4.68. The number of rotatable bonds is 5. The number of carbonyl (C=O) groups is 1. The Morgan fingerprint density at radius 1 is 1.32 bits per heavy atom. The molecule has 1 unspecified atom stereocenters. The lowest BCUT2D eigenvalue weighted by atomic mass is 9.89. The van der Waals surface area contributed by atoms with Gasteiger partial charge < -0.3 is 10.0 Å². The predicted molar refractivity (Wildman–Crippen MR) is 103 cm³/mol. The number of aromatic nitrogens is 1. The first-order chi connectivity index (χ1) is 11.8. The van der Waals surface area contributed by atoms with Gasteiger partial charge in [-0.3, -0.25) is 9.78 Å². The lowest BCUT2D eigenvalue weighted by Gasteiger charge is -2.24. The van der Waals surface area contributed by atoms with E-state index in [1.54, 1.807) is 11.1 Å². The molecule has 1 aromatic heterocycles. The van der Waals surface area contributed by atoms with E-state index in [0.29, 0.717) is 23.7 Å². The first-order valence-corrected chi connectivity index (χ1v) is 9.37. The Labute approximate surface area is 157 Å². The van der Waals surface area contributed by atoms with Crippen LogP contribution in [0.1, 0.15) is 37.1 Å². The number of carbonyl (C=O) groups excluding carboxylic acids is 1. The van der Waals surface area contributed by atoms with Crippen LogP contribution in [0.3, 0.4) is 0 Å². The van der Waals surface area contributed by atoms with E-state index in [4.69, 9.17) is 0 Å². The molecule has 2 heterocycles. The van der Waals surface area contributed by atoms with Crippen molar-refractivity contribution in [3.05, 3.63) is 57.8 Å². The highest BCUT2D eigenvalue weighted by Gasteiger charge is 2.50. The lowest BCUT2D eigenvalue weighted by Crippen LogP contribution is -2.42. The summed E-state index contributed by atoms with van der Waals surface area (Å²) in [5.41, 5.74) is 1.62. The van der Waals surface area contributed by atoms with Crippen molar-refractivity contribution in [1.29, 1.82) is 0 Å². The maximum Gasteiger partial charge on any atom is 0.264 e. The number of pyridine rings is 1. The van der Waals surface area contributed by atoms with Crippen molar-refractivity contribution >= 4 is 27.5 Å². The monoisotopic (exact) mass is 402 g/mol. The molecule has 5 heteroatoms. The number of hydrogen-bond donors (Lipinski definition) is 1. The Bertz CT molecular complexity index is 806. The van der Waals surface area contributed by atoms with E-state index in [2.05, 4.69) is 34.8 Å². The smallest absolute Gasteiger partial charge is 0.264 e. The summed E-state index contributed by atoms with van der Waals surface area (Å²) >= 11 is 3.47. The minimum absolute atomic E-state index is 0.155. The van der Waals surface area contributed by atoms with Gasteiger partial charge in [-0.05, 0) is 53.4 Å². The average Bonchev–Trinajstić information content (AvgIpc) is 2.76. The molecule has 3 rings (SSSR count). The number of halogens is 1. The van der Waals surface area contributed by atoms with E-state index in [-0.39, 0.29) is 12.3 Å². The zero-order chi connectivity index (χ0) is 18.2. The molecule has 1 amide bonds. The van der Waals surface area contributed by atoms with E-state index in [9.17, 15) is 9.90 Å². The molecule has 0 fully saturated rings. The minimum Gasteiger partial charge on any atom is -0.375 e. The standard InChI is InChI=1S/C20H23BrN2O2/c1-13(2)8-10-23-18-7-6-14(3)11-15(18)20(25,19(23)24)12-17-16(21)5-4-9-22-17/h4-7,9,11,13,25H,8,10,12H2,1-3H3. The van der Waals surface area contributed by atoms with Crippen molar-refractivity contribution in [2.24, 2.45) is 5.92 Å². The van der Waals surface area contributed by atoms with Crippen LogP contribution in [-0.2, 0) is 16.8 Å². The second-order valence-corrected chi connectivity index (χ2v) is 7.98. The zero-order valence-corrected chi connectivity index (χ0v) is 16.4. The minimum atomic E-state index is -1.57. The van der Waals surface area contributed by atoms with Crippen LogP contribution < -0.4 is 4.90 Å². The van der Waals surface area contributed by atoms with Crippen molar-refractivity contribution in [2.75, 3.05) is 11.4 Å². The van der Waals surface area contributed by atoms with Crippen LogP contribution >= 0.6 is 15.9 Å². The molecular weight excluding hydrogens is 380 g/mol. The normalized spacial score (nSPS) is 19.6. The molecule has 0 aliphatic carbocycles. The van der Waals surface area contributed by atoms with Gasteiger partial charge in [0.2, 0.25) is 0 Å². The SMILES string of the molecule is Cc1ccc2c(c1)C(O)(Cc1ncccc1Br)C(=O)N2CCC(C)C. The molecule has 1 aromatic carbocycles. The molecule has 132 valence electrons. The Hall–Kier alpha value is -1.72. The number of aliphatic hydroxyl groups is 1. The van der Waals surface area contributed by atoms with Crippen molar-refractivity contribution in [3.63, 3.8) is 0 Å². The highest BCUT2D eigenvalue weighted by atomic mass is 79.9. The molecule has 0 saturated heterocycles. The van der Waals surface area contributed by atoms with Crippen molar-refractivity contribution in [1.82, 2.24) is 4.98 Å². The van der Waals surface area contributed by atoms with Gasteiger partial charge in [-0.2, -0.15) is 0 Å². The van der Waals surface area contributed by atoms with Gasteiger partial charge in [0.1, 0.15) is 0 Å². The average molecular weight is 403 g/mol. The Morgan fingerprint density at radius 3 is 2.76 bits per heavy atom. The van der Waals surface area contributed by atoms with Gasteiger partial charge in [-0.25, -0.2) is 0 Å². The summed E-state index contributed by atoms with van der Waals surface area (Å²) in [5.74, 6) is 0.228. The van der Waals surface area contributed by atoms with Gasteiger partial charge >= 0.3 is 0 Å². The van der Waals surface area contributed by atoms with Crippen LogP contribution in [0.4, 0.5) is 5.69 Å². The quantitative estimate of drug-likeness (QED) is 0.822. The lowest BCUT2D eigenvalue weighted by molar-refractivity contribution is -0.136. The molecule has 0 saturated carbocycles. The Kier molecular flexibility index (Phi) is 4.98. The molecule has 0 radical (unpaired) electrons. The zero-order valence-electron chi connectivity index (χ0n) is 14.8. The number of fused-ring (bicyclic) bond motifs is 1. The highest BCUT2D eigenvalue weighted by molar-refractivity contribution is 9.10. The number of aryl methyl sites for hydroxylation is 1. The molecule has 1 atom stereocenters. The summed E-state index contributed by atoms with van der Waals surface area (Å²) in [5, 5.41) is 11.4. The van der Waals surface area contributed by atoms with Crippen molar-refractivity contribution in [2.45, 2.75) is 39.2 Å². The van der Waals surface area contributed by atoms with E-state index >= 15 is 0 Å². The third kappa shape index (κ3) is 3.35. The van der Waals surface area contributed by atoms with Crippen LogP contribution in [0.2, 0.25) is 0 Å². The van der Waals surface area contributed by atoms with Gasteiger partial charge in [-0.1, -0.05) is 31.5 Å². The van der Waals surface area contributed by atoms with Crippen molar-refractivity contribution < 1.29 is 9.90 Å². The summed E-state index contributed by atoms with van der Waals surface area (Å²) in [6.07, 6.45) is 2.72. The van der Waals surface area contributed by atoms with Gasteiger partial charge in [0.25, 0.3) is 5.91 Å². The summed E-state index contributed by atoms with van der Waals surface area (Å²) in [6, 6.07) is 9.53. The number of benzene rings is 1. The van der Waals surface area contributed by atoms with Gasteiger partial charge in [0.15, 0.2) is 5.60 Å². The van der Waals surface area contributed by atoms with E-state index < -0.39 is 5.60 Å². The maximum absolute atomic E-state index is 13.2. The van der Waals surface area contributed by atoms with Crippen LogP contribution in [-0.4, -0.2) is 22.5 Å². The third-order valence-corrected chi connectivity index (χ3v) is 5.40. The van der Waals surface area contributed by atoms with Gasteiger partial charge in [0.05, 0.1) is 11.4 Å². The Balaban J connectivity index is 2.03. The Morgan fingerprint density at radius 2 is 2.08 bits per heavy atom. The molecule has 4 nitrogen and oxygen atoms in total. The maximum atomic E-state index is 13.2. The topological polar surface area (TPSA) is 53.4 Å². The highest BCUT2D eigenvalue weighted by Crippen LogP contribution is 2.43. The molecule has 1 N–H and O–H groups in total. The summed E-state index contributed by atoms with van der Waals surface area (Å²) in [7, 11) is 0. The van der Waals surface area contributed by atoms with E-state index in [1.165, 1.54) is 0 Å². The number of hydrogen-bond acceptors (Lipinski definition) is 3. The number of amides is 1. The first-order valence-electron chi connectivity index (χ1n) is 8.58. The predicted octanol–water partition coefficient (Wildman–Crippen LogP) is 3.98. The van der Waals surface area contributed by atoms with Crippen LogP contribution in [0, 0.1) is 12.8 Å². The summed E-state index contributed by atoms with van der Waals surface area (Å²) in [6.45, 7) is 6.85. The largest absolute Gasteiger partial charge is 0.375 e. The van der Waals surface area contributed by atoms with Crippen LogP contribution in [0.25, 0.3) is 0 Å². The summed E-state index contributed by atoms with van der Waals surface area (Å²) < 4.78 is 0.797. The molecule has 2 aromatic rings. The van der Waals surface area contributed by atoms with Crippen LogP contribution in [0.15, 0.2) is 41.0 Å². The molecule has 1 aliphatic heterocycles. The molecule has 1 aliphatic rings. The molecule has 25 heavy (non-hydrogen) atoms. The molecule has 0 bridgehead atoms. The van der Waals surface area contributed by atoms with Gasteiger partial charge in [-0.15, -0.1) is 0 Å². The fourth-order valence-corrected chi connectivity index (χ4v) is 3.63. The van der Waals surface area contributed by atoms with E-state index in [0.717, 1.165) is 22.1 Å². The number of anilines is 1. The second kappa shape index (κ2) is 6.89.